The van der Waals surface area contributed by atoms with Gasteiger partial charge in [-0.1, -0.05) is 0 Å². The first-order chi connectivity index (χ1) is 4.43. The normalized spacial score (nSPS) is 22.3. The second-order valence-electron chi connectivity index (χ2n) is 2.13. The van der Waals surface area contributed by atoms with Gasteiger partial charge in [0, 0.05) is 7.05 Å². The topological polar surface area (TPSA) is 21.3 Å². The highest BCUT2D eigenvalue weighted by atomic mass is 32.2. The summed E-state index contributed by atoms with van der Waals surface area (Å²) >= 11 is 2.02. The van der Waals surface area contributed by atoms with Crippen molar-refractivity contribution in [1.82, 2.24) is 5.48 Å². The van der Waals surface area contributed by atoms with E-state index in [4.69, 9.17) is 4.84 Å². The Morgan fingerprint density at radius 3 is 2.67 bits per heavy atom. The first kappa shape index (κ1) is 7.38. The summed E-state index contributed by atoms with van der Waals surface area (Å²) in [4.78, 5) is 5.22. The van der Waals surface area contributed by atoms with E-state index in [0.717, 1.165) is 0 Å². The van der Waals surface area contributed by atoms with Crippen molar-refractivity contribution in [3.05, 3.63) is 0 Å². The Labute approximate surface area is 60.3 Å². The zero-order chi connectivity index (χ0) is 6.53. The van der Waals surface area contributed by atoms with Gasteiger partial charge in [0.1, 0.15) is 0 Å². The van der Waals surface area contributed by atoms with Crippen molar-refractivity contribution >= 4 is 11.8 Å². The minimum atomic E-state index is 0.469. The summed E-state index contributed by atoms with van der Waals surface area (Å²) in [5.41, 5.74) is 2.73. The van der Waals surface area contributed by atoms with Crippen LogP contribution in [-0.4, -0.2) is 24.7 Å². The maximum Gasteiger partial charge on any atom is 0.0805 e. The number of nitrogens with one attached hydrogen (secondary N) is 1. The lowest BCUT2D eigenvalue weighted by Crippen LogP contribution is -2.24. The molecule has 3 heteroatoms. The SMILES string of the molecule is CNOC1CCSCC1. The fourth-order valence-electron chi connectivity index (χ4n) is 0.960. The summed E-state index contributed by atoms with van der Waals surface area (Å²) in [5, 5.41) is 0. The Morgan fingerprint density at radius 1 is 1.44 bits per heavy atom. The van der Waals surface area contributed by atoms with Gasteiger partial charge in [-0.2, -0.15) is 11.8 Å². The fourth-order valence-corrected chi connectivity index (χ4v) is 2.02. The van der Waals surface area contributed by atoms with Gasteiger partial charge < -0.3 is 0 Å². The third kappa shape index (κ3) is 2.56. The Balaban J connectivity index is 2.08. The van der Waals surface area contributed by atoms with E-state index in [1.165, 1.54) is 24.3 Å². The highest BCUT2D eigenvalue weighted by molar-refractivity contribution is 7.99. The molecule has 2 nitrogen and oxygen atoms in total. The van der Waals surface area contributed by atoms with Crippen LogP contribution in [0.15, 0.2) is 0 Å². The minimum Gasteiger partial charge on any atom is -0.299 e. The van der Waals surface area contributed by atoms with Crippen molar-refractivity contribution in [2.45, 2.75) is 18.9 Å². The van der Waals surface area contributed by atoms with Gasteiger partial charge in [0.2, 0.25) is 0 Å². The number of hydrogen-bond acceptors (Lipinski definition) is 3. The van der Waals surface area contributed by atoms with Gasteiger partial charge in [-0.25, -0.2) is 5.48 Å². The molecule has 1 saturated heterocycles. The molecule has 0 unspecified atom stereocenters. The average Bonchev–Trinajstić information content (AvgIpc) is 1.91. The smallest absolute Gasteiger partial charge is 0.0805 e. The Morgan fingerprint density at radius 2 is 2.11 bits per heavy atom. The fraction of sp³-hybridized carbons (Fsp3) is 1.00. The van der Waals surface area contributed by atoms with Gasteiger partial charge >= 0.3 is 0 Å². The van der Waals surface area contributed by atoms with Crippen LogP contribution in [0.25, 0.3) is 0 Å². The summed E-state index contributed by atoms with van der Waals surface area (Å²) in [6.45, 7) is 0. The van der Waals surface area contributed by atoms with E-state index in [1.54, 1.807) is 0 Å². The van der Waals surface area contributed by atoms with E-state index in [1.807, 2.05) is 18.8 Å². The molecule has 0 saturated carbocycles. The molecule has 0 bridgehead atoms. The molecule has 0 atom stereocenters. The van der Waals surface area contributed by atoms with E-state index < -0.39 is 0 Å². The average molecular weight is 147 g/mol. The van der Waals surface area contributed by atoms with E-state index in [-0.39, 0.29) is 0 Å². The first-order valence-corrected chi connectivity index (χ1v) is 4.49. The Kier molecular flexibility index (Phi) is 3.40. The highest BCUT2D eigenvalue weighted by Crippen LogP contribution is 2.18. The van der Waals surface area contributed by atoms with Crippen LogP contribution in [0.2, 0.25) is 0 Å². The maximum atomic E-state index is 5.22. The van der Waals surface area contributed by atoms with Gasteiger partial charge in [-0.3, -0.25) is 4.84 Å². The van der Waals surface area contributed by atoms with E-state index >= 15 is 0 Å². The molecule has 1 heterocycles. The molecule has 1 aliphatic heterocycles. The van der Waals surface area contributed by atoms with Gasteiger partial charge in [0.05, 0.1) is 6.10 Å². The molecular weight excluding hydrogens is 134 g/mol. The predicted molar refractivity (Wildman–Crippen MR) is 40.5 cm³/mol. The summed E-state index contributed by atoms with van der Waals surface area (Å²) < 4.78 is 0. The summed E-state index contributed by atoms with van der Waals surface area (Å²) in [6, 6.07) is 0. The Hall–Kier alpha value is 0.270. The molecule has 1 fully saturated rings. The standard InChI is InChI=1S/C6H13NOS/c1-7-8-6-2-4-9-5-3-6/h6-7H,2-5H2,1H3. The minimum absolute atomic E-state index is 0.469. The molecule has 1 rings (SSSR count). The molecule has 0 aliphatic carbocycles. The van der Waals surface area contributed by atoms with Crippen molar-refractivity contribution in [2.24, 2.45) is 0 Å². The third-order valence-electron chi connectivity index (χ3n) is 1.45. The van der Waals surface area contributed by atoms with Crippen molar-refractivity contribution in [3.63, 3.8) is 0 Å². The Bertz CT molecular complexity index is 70.7. The maximum absolute atomic E-state index is 5.22. The highest BCUT2D eigenvalue weighted by Gasteiger charge is 2.12. The van der Waals surface area contributed by atoms with Crippen LogP contribution in [0.1, 0.15) is 12.8 Å². The van der Waals surface area contributed by atoms with Crippen LogP contribution in [0.3, 0.4) is 0 Å². The van der Waals surface area contributed by atoms with Crippen molar-refractivity contribution in [3.8, 4) is 0 Å². The first-order valence-electron chi connectivity index (χ1n) is 3.33. The quantitative estimate of drug-likeness (QED) is 0.589. The molecule has 54 valence electrons. The molecule has 0 spiro atoms. The lowest BCUT2D eigenvalue weighted by atomic mass is 10.2. The van der Waals surface area contributed by atoms with Gasteiger partial charge in [0.15, 0.2) is 0 Å². The van der Waals surface area contributed by atoms with Crippen LogP contribution in [0.5, 0.6) is 0 Å². The molecule has 0 aromatic rings. The largest absolute Gasteiger partial charge is 0.299 e. The summed E-state index contributed by atoms with van der Waals surface area (Å²) in [6.07, 6.45) is 2.87. The molecule has 0 amide bonds. The molecule has 0 aromatic heterocycles. The van der Waals surface area contributed by atoms with Crippen LogP contribution in [0, 0.1) is 0 Å². The summed E-state index contributed by atoms with van der Waals surface area (Å²) in [7, 11) is 1.82. The number of rotatable bonds is 2. The van der Waals surface area contributed by atoms with E-state index in [0.29, 0.717) is 6.10 Å². The second-order valence-corrected chi connectivity index (χ2v) is 3.36. The van der Waals surface area contributed by atoms with Gasteiger partial charge in [-0.15, -0.1) is 0 Å². The molecule has 1 aliphatic rings. The van der Waals surface area contributed by atoms with E-state index in [2.05, 4.69) is 5.48 Å². The van der Waals surface area contributed by atoms with Crippen LogP contribution < -0.4 is 5.48 Å². The van der Waals surface area contributed by atoms with Crippen LogP contribution >= 0.6 is 11.8 Å². The van der Waals surface area contributed by atoms with Crippen molar-refractivity contribution in [2.75, 3.05) is 18.6 Å². The lowest BCUT2D eigenvalue weighted by Gasteiger charge is -2.20. The molecule has 1 N–H and O–H groups in total. The molecule has 0 radical (unpaired) electrons. The van der Waals surface area contributed by atoms with Gasteiger partial charge in [0.25, 0.3) is 0 Å². The predicted octanol–water partition coefficient (Wildman–Crippen LogP) is 1.03. The zero-order valence-electron chi connectivity index (χ0n) is 5.72. The van der Waals surface area contributed by atoms with Gasteiger partial charge in [-0.05, 0) is 24.3 Å². The second kappa shape index (κ2) is 4.14. The lowest BCUT2D eigenvalue weighted by molar-refractivity contribution is -0.0155. The van der Waals surface area contributed by atoms with Crippen molar-refractivity contribution in [1.29, 1.82) is 0 Å². The third-order valence-corrected chi connectivity index (χ3v) is 2.50. The van der Waals surface area contributed by atoms with Crippen LogP contribution in [0.4, 0.5) is 0 Å². The zero-order valence-corrected chi connectivity index (χ0v) is 6.54. The summed E-state index contributed by atoms with van der Waals surface area (Å²) in [5.74, 6) is 2.51. The molecule has 9 heavy (non-hydrogen) atoms. The van der Waals surface area contributed by atoms with E-state index in [9.17, 15) is 0 Å². The monoisotopic (exact) mass is 147 g/mol. The number of thioether (sulfide) groups is 1. The molecule has 0 aromatic carbocycles. The number of hydrogen-bond donors (Lipinski definition) is 1. The number of hydroxylamine groups is 1. The van der Waals surface area contributed by atoms with Crippen molar-refractivity contribution < 1.29 is 4.84 Å². The van der Waals surface area contributed by atoms with Crippen LogP contribution in [-0.2, 0) is 4.84 Å². The molecular formula is C6H13NOS.